The van der Waals surface area contributed by atoms with E-state index in [1.165, 1.54) is 38.6 Å². The van der Waals surface area contributed by atoms with Gasteiger partial charge in [-0.25, -0.2) is 0 Å². The monoisotopic (exact) mass is 206 g/mol. The first-order chi connectivity index (χ1) is 7.36. The standard InChI is InChI=1S/C13H22N2/c1-2-7-15(12-4-5-12)9-10-8-11-3-6-13(10)14-11/h2,10-14H,1,3-9H2. The van der Waals surface area contributed by atoms with Crippen LogP contribution < -0.4 is 5.32 Å². The molecule has 3 unspecified atom stereocenters. The van der Waals surface area contributed by atoms with Crippen LogP contribution >= 0.6 is 0 Å². The van der Waals surface area contributed by atoms with Gasteiger partial charge in [-0.05, 0) is 38.0 Å². The molecule has 1 saturated carbocycles. The van der Waals surface area contributed by atoms with Crippen LogP contribution in [0.15, 0.2) is 12.7 Å². The molecule has 1 N–H and O–H groups in total. The molecule has 0 amide bonds. The lowest BCUT2D eigenvalue weighted by atomic mass is 9.89. The third kappa shape index (κ3) is 1.98. The maximum absolute atomic E-state index is 3.88. The van der Waals surface area contributed by atoms with Crippen molar-refractivity contribution in [3.05, 3.63) is 12.7 Å². The van der Waals surface area contributed by atoms with Crippen molar-refractivity contribution in [3.63, 3.8) is 0 Å². The zero-order valence-corrected chi connectivity index (χ0v) is 9.49. The fourth-order valence-electron chi connectivity index (χ4n) is 3.42. The van der Waals surface area contributed by atoms with Crippen molar-refractivity contribution >= 4 is 0 Å². The zero-order valence-electron chi connectivity index (χ0n) is 9.49. The van der Waals surface area contributed by atoms with Gasteiger partial charge in [-0.1, -0.05) is 6.08 Å². The minimum atomic E-state index is 0.834. The molecule has 15 heavy (non-hydrogen) atoms. The van der Waals surface area contributed by atoms with Gasteiger partial charge in [0.1, 0.15) is 0 Å². The number of hydrogen-bond acceptors (Lipinski definition) is 2. The first kappa shape index (κ1) is 9.86. The van der Waals surface area contributed by atoms with E-state index in [4.69, 9.17) is 0 Å². The van der Waals surface area contributed by atoms with E-state index < -0.39 is 0 Å². The molecule has 2 aliphatic heterocycles. The summed E-state index contributed by atoms with van der Waals surface area (Å²) in [5.41, 5.74) is 0. The van der Waals surface area contributed by atoms with Gasteiger partial charge in [0.25, 0.3) is 0 Å². The van der Waals surface area contributed by atoms with E-state index in [-0.39, 0.29) is 0 Å². The Balaban J connectivity index is 1.56. The van der Waals surface area contributed by atoms with Crippen molar-refractivity contribution in [3.8, 4) is 0 Å². The highest BCUT2D eigenvalue weighted by atomic mass is 15.2. The zero-order chi connectivity index (χ0) is 10.3. The summed E-state index contributed by atoms with van der Waals surface area (Å²) in [5, 5.41) is 3.73. The second-order valence-corrected chi connectivity index (χ2v) is 5.52. The lowest BCUT2D eigenvalue weighted by molar-refractivity contribution is 0.221. The number of fused-ring (bicyclic) bond motifs is 2. The van der Waals surface area contributed by atoms with Crippen molar-refractivity contribution in [2.45, 2.75) is 50.2 Å². The molecule has 84 valence electrons. The van der Waals surface area contributed by atoms with Crippen LogP contribution in [0, 0.1) is 5.92 Å². The third-order valence-electron chi connectivity index (χ3n) is 4.33. The molecule has 0 spiro atoms. The Bertz CT molecular complexity index is 247. The second kappa shape index (κ2) is 3.91. The van der Waals surface area contributed by atoms with Gasteiger partial charge in [0, 0.05) is 31.2 Å². The minimum absolute atomic E-state index is 0.834. The molecule has 2 nitrogen and oxygen atoms in total. The molecule has 2 heterocycles. The summed E-state index contributed by atoms with van der Waals surface area (Å²) in [5.74, 6) is 0.921. The summed E-state index contributed by atoms with van der Waals surface area (Å²) in [6.07, 6.45) is 9.17. The molecule has 2 saturated heterocycles. The Kier molecular flexibility index (Phi) is 2.57. The fraction of sp³-hybridized carbons (Fsp3) is 0.846. The third-order valence-corrected chi connectivity index (χ3v) is 4.33. The lowest BCUT2D eigenvalue weighted by Gasteiger charge is -2.28. The molecule has 3 fully saturated rings. The molecular weight excluding hydrogens is 184 g/mol. The smallest absolute Gasteiger partial charge is 0.0163 e. The van der Waals surface area contributed by atoms with Crippen LogP contribution in [0.4, 0.5) is 0 Å². The predicted molar refractivity (Wildman–Crippen MR) is 62.8 cm³/mol. The first-order valence-electron chi connectivity index (χ1n) is 6.48. The number of nitrogens with zero attached hydrogens (tertiary/aromatic N) is 1. The Labute approximate surface area is 92.7 Å². The van der Waals surface area contributed by atoms with Gasteiger partial charge >= 0.3 is 0 Å². The maximum atomic E-state index is 3.88. The Morgan fingerprint density at radius 2 is 2.13 bits per heavy atom. The SMILES string of the molecule is C=CCN(CC1CC2CCC1N2)C1CC1. The van der Waals surface area contributed by atoms with E-state index in [2.05, 4.69) is 22.9 Å². The van der Waals surface area contributed by atoms with Crippen LogP contribution in [-0.2, 0) is 0 Å². The summed E-state index contributed by atoms with van der Waals surface area (Å²) >= 11 is 0. The number of hydrogen-bond donors (Lipinski definition) is 1. The number of nitrogens with one attached hydrogen (secondary N) is 1. The van der Waals surface area contributed by atoms with Gasteiger partial charge in [0.05, 0.1) is 0 Å². The molecule has 3 atom stereocenters. The van der Waals surface area contributed by atoms with E-state index in [9.17, 15) is 0 Å². The molecule has 2 heteroatoms. The predicted octanol–water partition coefficient (Wildman–Crippen LogP) is 1.78. The van der Waals surface area contributed by atoms with Crippen LogP contribution in [0.25, 0.3) is 0 Å². The fourth-order valence-corrected chi connectivity index (χ4v) is 3.42. The van der Waals surface area contributed by atoms with Crippen molar-refractivity contribution in [2.75, 3.05) is 13.1 Å². The van der Waals surface area contributed by atoms with E-state index in [1.54, 1.807) is 0 Å². The van der Waals surface area contributed by atoms with Gasteiger partial charge in [-0.2, -0.15) is 0 Å². The molecule has 0 radical (unpaired) electrons. The highest BCUT2D eigenvalue weighted by Gasteiger charge is 2.41. The Morgan fingerprint density at radius 1 is 1.27 bits per heavy atom. The van der Waals surface area contributed by atoms with Gasteiger partial charge < -0.3 is 5.32 Å². The van der Waals surface area contributed by atoms with Gasteiger partial charge in [0.15, 0.2) is 0 Å². The largest absolute Gasteiger partial charge is 0.311 e. The normalized spacial score (nSPS) is 38.9. The van der Waals surface area contributed by atoms with E-state index in [1.807, 2.05) is 0 Å². The molecule has 0 aromatic carbocycles. The van der Waals surface area contributed by atoms with Crippen LogP contribution in [-0.4, -0.2) is 36.1 Å². The maximum Gasteiger partial charge on any atom is 0.0163 e. The molecule has 1 aliphatic carbocycles. The van der Waals surface area contributed by atoms with Crippen molar-refractivity contribution in [2.24, 2.45) is 5.92 Å². The van der Waals surface area contributed by atoms with Crippen LogP contribution in [0.3, 0.4) is 0 Å². The van der Waals surface area contributed by atoms with E-state index >= 15 is 0 Å². The molecule has 3 aliphatic rings. The van der Waals surface area contributed by atoms with Crippen molar-refractivity contribution in [1.82, 2.24) is 10.2 Å². The Hall–Kier alpha value is -0.340. The Morgan fingerprint density at radius 3 is 2.67 bits per heavy atom. The molecule has 0 aromatic rings. The summed E-state index contributed by atoms with van der Waals surface area (Å²) in [6.45, 7) is 6.28. The summed E-state index contributed by atoms with van der Waals surface area (Å²) in [4.78, 5) is 2.65. The second-order valence-electron chi connectivity index (χ2n) is 5.52. The topological polar surface area (TPSA) is 15.3 Å². The lowest BCUT2D eigenvalue weighted by Crippen LogP contribution is -2.36. The molecule has 3 rings (SSSR count). The minimum Gasteiger partial charge on any atom is -0.311 e. The van der Waals surface area contributed by atoms with Gasteiger partial charge in [0.2, 0.25) is 0 Å². The molecule has 0 aromatic heterocycles. The highest BCUT2D eigenvalue weighted by molar-refractivity contribution is 5.00. The van der Waals surface area contributed by atoms with Crippen molar-refractivity contribution < 1.29 is 0 Å². The molecule has 2 bridgehead atoms. The number of rotatable bonds is 5. The van der Waals surface area contributed by atoms with Crippen LogP contribution in [0.1, 0.15) is 32.1 Å². The highest BCUT2D eigenvalue weighted by Crippen LogP contribution is 2.36. The van der Waals surface area contributed by atoms with Gasteiger partial charge in [-0.15, -0.1) is 6.58 Å². The van der Waals surface area contributed by atoms with E-state index in [0.29, 0.717) is 0 Å². The summed E-state index contributed by atoms with van der Waals surface area (Å²) in [7, 11) is 0. The van der Waals surface area contributed by atoms with Crippen molar-refractivity contribution in [1.29, 1.82) is 0 Å². The summed E-state index contributed by atoms with van der Waals surface area (Å²) in [6, 6.07) is 2.58. The summed E-state index contributed by atoms with van der Waals surface area (Å²) < 4.78 is 0. The van der Waals surface area contributed by atoms with Crippen LogP contribution in [0.5, 0.6) is 0 Å². The first-order valence-corrected chi connectivity index (χ1v) is 6.48. The van der Waals surface area contributed by atoms with E-state index in [0.717, 1.165) is 30.6 Å². The average Bonchev–Trinajstić information content (AvgIpc) is 2.89. The van der Waals surface area contributed by atoms with Gasteiger partial charge in [-0.3, -0.25) is 4.90 Å². The average molecular weight is 206 g/mol. The molecular formula is C13H22N2. The quantitative estimate of drug-likeness (QED) is 0.690. The van der Waals surface area contributed by atoms with Crippen LogP contribution in [0.2, 0.25) is 0 Å².